The van der Waals surface area contributed by atoms with Crippen molar-refractivity contribution in [1.29, 1.82) is 5.41 Å². The molecule has 36 heavy (non-hydrogen) atoms. The van der Waals surface area contributed by atoms with Crippen LogP contribution in [0.5, 0.6) is 0 Å². The highest BCUT2D eigenvalue weighted by atomic mass is 16.6. The van der Waals surface area contributed by atoms with E-state index in [9.17, 15) is 9.59 Å². The molecule has 188 valence electrons. The van der Waals surface area contributed by atoms with Gasteiger partial charge in [0, 0.05) is 61.6 Å². The van der Waals surface area contributed by atoms with E-state index in [2.05, 4.69) is 22.5 Å². The molecule has 0 saturated carbocycles. The number of carbonyl (C=O) groups excluding carboxylic acids is 2. The molecular weight excluding hydrogens is 458 g/mol. The summed E-state index contributed by atoms with van der Waals surface area (Å²) < 4.78 is 10.3. The number of nitrogens with one attached hydrogen (secondary N) is 3. The van der Waals surface area contributed by atoms with E-state index in [1.807, 2.05) is 43.5 Å². The van der Waals surface area contributed by atoms with Crippen LogP contribution in [0.15, 0.2) is 42.1 Å². The van der Waals surface area contributed by atoms with Crippen molar-refractivity contribution in [1.82, 2.24) is 10.2 Å². The molecule has 1 atom stereocenters. The molecule has 3 aliphatic heterocycles. The standard InChI is InChI=1S/C27H31N5O4/c1-17-9-20(11-21(10-17)32-7-8-35-27(32)34)30-13-19(12-28)14-31-6-5-29-25(15-31)22-3-4-23-24(18(22)2)16-36-26(23)33/h3-4,9-13,25,28-30H,5-8,14-16H2,1-2H3/b19-13+,28-12?/t25-/m0/s1. The lowest BCUT2D eigenvalue weighted by Gasteiger charge is -2.35. The Hall–Kier alpha value is -3.69. The van der Waals surface area contributed by atoms with Crippen LogP contribution in [0.3, 0.4) is 0 Å². The van der Waals surface area contributed by atoms with E-state index in [0.29, 0.717) is 31.9 Å². The molecule has 2 saturated heterocycles. The number of benzene rings is 2. The Morgan fingerprint density at radius 2 is 2.06 bits per heavy atom. The van der Waals surface area contributed by atoms with Gasteiger partial charge in [-0.3, -0.25) is 9.80 Å². The third-order valence-electron chi connectivity index (χ3n) is 6.99. The van der Waals surface area contributed by atoms with Crippen LogP contribution in [-0.4, -0.2) is 62.5 Å². The number of hydrogen-bond donors (Lipinski definition) is 3. The molecule has 5 rings (SSSR count). The minimum absolute atomic E-state index is 0.138. The third-order valence-corrected chi connectivity index (χ3v) is 6.99. The Labute approximate surface area is 210 Å². The first-order chi connectivity index (χ1) is 17.4. The van der Waals surface area contributed by atoms with Crippen molar-refractivity contribution in [3.63, 3.8) is 0 Å². The predicted molar refractivity (Wildman–Crippen MR) is 138 cm³/mol. The van der Waals surface area contributed by atoms with Crippen LogP contribution < -0.4 is 15.5 Å². The van der Waals surface area contributed by atoms with E-state index >= 15 is 0 Å². The van der Waals surface area contributed by atoms with Crippen LogP contribution in [0.2, 0.25) is 0 Å². The smallest absolute Gasteiger partial charge is 0.414 e. The van der Waals surface area contributed by atoms with Gasteiger partial charge in [0.2, 0.25) is 0 Å². The zero-order valence-electron chi connectivity index (χ0n) is 20.6. The number of cyclic esters (lactones) is 2. The fraction of sp³-hybridized carbons (Fsp3) is 0.370. The summed E-state index contributed by atoms with van der Waals surface area (Å²) in [5, 5.41) is 14.9. The Kier molecular flexibility index (Phi) is 6.75. The molecule has 2 fully saturated rings. The van der Waals surface area contributed by atoms with E-state index in [4.69, 9.17) is 14.9 Å². The second-order valence-corrected chi connectivity index (χ2v) is 9.46. The Morgan fingerprint density at radius 1 is 1.19 bits per heavy atom. The van der Waals surface area contributed by atoms with Crippen LogP contribution in [0.4, 0.5) is 16.2 Å². The third kappa shape index (κ3) is 4.84. The number of rotatable bonds is 7. The van der Waals surface area contributed by atoms with Gasteiger partial charge in [-0.1, -0.05) is 6.07 Å². The maximum absolute atomic E-state index is 12.0. The fourth-order valence-electron chi connectivity index (χ4n) is 5.11. The largest absolute Gasteiger partial charge is 0.457 e. The van der Waals surface area contributed by atoms with Crippen molar-refractivity contribution in [3.05, 3.63) is 69.9 Å². The first kappa shape index (κ1) is 24.0. The maximum atomic E-state index is 12.0. The number of piperazine rings is 1. The molecule has 0 bridgehead atoms. The van der Waals surface area contributed by atoms with Crippen LogP contribution in [-0.2, 0) is 16.1 Å². The molecule has 0 spiro atoms. The second-order valence-electron chi connectivity index (χ2n) is 9.46. The average molecular weight is 490 g/mol. The summed E-state index contributed by atoms with van der Waals surface area (Å²) >= 11 is 0. The van der Waals surface area contributed by atoms with Crippen LogP contribution in [0, 0.1) is 19.3 Å². The molecule has 2 aromatic rings. The SMILES string of the molecule is Cc1cc(N/C=C(\C=N)CN2CCN[C@H](c3ccc4c(c3C)COC4=O)C2)cc(N2CCOC2=O)c1. The second kappa shape index (κ2) is 10.1. The summed E-state index contributed by atoms with van der Waals surface area (Å²) in [6, 6.07) is 9.93. The van der Waals surface area contributed by atoms with Crippen molar-refractivity contribution in [2.24, 2.45) is 0 Å². The van der Waals surface area contributed by atoms with E-state index < -0.39 is 0 Å². The number of aryl methyl sites for hydroxylation is 1. The first-order valence-corrected chi connectivity index (χ1v) is 12.2. The van der Waals surface area contributed by atoms with E-state index in [1.54, 1.807) is 4.90 Å². The summed E-state index contributed by atoms with van der Waals surface area (Å²) in [7, 11) is 0. The lowest BCUT2D eigenvalue weighted by Crippen LogP contribution is -2.46. The lowest BCUT2D eigenvalue weighted by atomic mass is 9.93. The molecule has 2 aromatic carbocycles. The van der Waals surface area contributed by atoms with Crippen LogP contribution in [0.25, 0.3) is 0 Å². The number of ether oxygens (including phenoxy) is 2. The molecular formula is C27H31N5O4. The number of carbonyl (C=O) groups is 2. The quantitative estimate of drug-likeness (QED) is 0.404. The van der Waals surface area contributed by atoms with Gasteiger partial charge in [0.05, 0.1) is 12.1 Å². The van der Waals surface area contributed by atoms with E-state index in [-0.39, 0.29) is 18.1 Å². The highest BCUT2D eigenvalue weighted by Crippen LogP contribution is 2.30. The number of fused-ring (bicyclic) bond motifs is 1. The molecule has 3 heterocycles. The maximum Gasteiger partial charge on any atom is 0.414 e. The number of nitrogens with zero attached hydrogens (tertiary/aromatic N) is 2. The van der Waals surface area contributed by atoms with Gasteiger partial charge in [0.25, 0.3) is 0 Å². The average Bonchev–Trinajstić information content (AvgIpc) is 3.47. The van der Waals surface area contributed by atoms with Crippen LogP contribution >= 0.6 is 0 Å². The summed E-state index contributed by atoms with van der Waals surface area (Å²) in [5.41, 5.74) is 7.48. The van der Waals surface area contributed by atoms with Gasteiger partial charge in [-0.2, -0.15) is 0 Å². The number of amides is 1. The van der Waals surface area contributed by atoms with E-state index in [1.165, 1.54) is 11.8 Å². The summed E-state index contributed by atoms with van der Waals surface area (Å²) in [4.78, 5) is 27.8. The summed E-state index contributed by atoms with van der Waals surface area (Å²) in [5.74, 6) is -0.243. The predicted octanol–water partition coefficient (Wildman–Crippen LogP) is 3.52. The molecule has 0 radical (unpaired) electrons. The van der Waals surface area contributed by atoms with Crippen LogP contribution in [0.1, 0.15) is 38.7 Å². The Balaban J connectivity index is 1.26. The van der Waals surface area contributed by atoms with Gasteiger partial charge in [-0.15, -0.1) is 0 Å². The molecule has 3 aliphatic rings. The van der Waals surface area contributed by atoms with Gasteiger partial charge in [0.15, 0.2) is 0 Å². The fourth-order valence-corrected chi connectivity index (χ4v) is 5.11. The lowest BCUT2D eigenvalue weighted by molar-refractivity contribution is 0.0535. The first-order valence-electron chi connectivity index (χ1n) is 12.2. The van der Waals surface area contributed by atoms with Gasteiger partial charge in [-0.05, 0) is 60.4 Å². The Bertz CT molecular complexity index is 1240. The minimum Gasteiger partial charge on any atom is -0.457 e. The highest BCUT2D eigenvalue weighted by molar-refractivity contribution is 5.94. The van der Waals surface area contributed by atoms with Crippen molar-refractivity contribution >= 4 is 29.7 Å². The molecule has 9 nitrogen and oxygen atoms in total. The molecule has 1 amide bonds. The Morgan fingerprint density at radius 3 is 2.83 bits per heavy atom. The van der Waals surface area contributed by atoms with E-state index in [0.717, 1.165) is 53.3 Å². The number of anilines is 2. The zero-order valence-corrected chi connectivity index (χ0v) is 20.6. The van der Waals surface area contributed by atoms with Crippen molar-refractivity contribution < 1.29 is 19.1 Å². The topological polar surface area (TPSA) is 107 Å². The minimum atomic E-state index is -0.326. The molecule has 9 heteroatoms. The number of hydrogen-bond acceptors (Lipinski definition) is 8. The van der Waals surface area contributed by atoms with Crippen molar-refractivity contribution in [3.8, 4) is 0 Å². The van der Waals surface area contributed by atoms with Gasteiger partial charge < -0.3 is 25.5 Å². The zero-order chi connectivity index (χ0) is 25.2. The van der Waals surface area contributed by atoms with Gasteiger partial charge in [0.1, 0.15) is 13.2 Å². The monoisotopic (exact) mass is 489 g/mol. The number of esters is 1. The van der Waals surface area contributed by atoms with Crippen molar-refractivity contribution in [2.45, 2.75) is 26.5 Å². The molecule has 3 N–H and O–H groups in total. The normalized spacial score (nSPS) is 20.2. The highest BCUT2D eigenvalue weighted by Gasteiger charge is 2.28. The van der Waals surface area contributed by atoms with Crippen molar-refractivity contribution in [2.75, 3.05) is 49.5 Å². The summed E-state index contributed by atoms with van der Waals surface area (Å²) in [6.45, 7) is 8.47. The molecule has 0 aromatic heterocycles. The summed E-state index contributed by atoms with van der Waals surface area (Å²) in [6.07, 6.45) is 2.91. The molecule has 0 aliphatic carbocycles. The molecule has 0 unspecified atom stereocenters. The van der Waals surface area contributed by atoms with Gasteiger partial charge >= 0.3 is 12.1 Å². The van der Waals surface area contributed by atoms with Gasteiger partial charge in [-0.25, -0.2) is 9.59 Å².